The van der Waals surface area contributed by atoms with E-state index in [4.69, 9.17) is 5.73 Å². The van der Waals surface area contributed by atoms with Gasteiger partial charge in [0.25, 0.3) is 0 Å². The van der Waals surface area contributed by atoms with Crippen LogP contribution >= 0.6 is 0 Å². The Bertz CT molecular complexity index is 1140. The average molecular weight is 420 g/mol. The lowest BCUT2D eigenvalue weighted by Crippen LogP contribution is -2.14. The van der Waals surface area contributed by atoms with Crippen molar-refractivity contribution >= 4 is 5.97 Å². The number of nitrogens with zero attached hydrogens (tertiary/aromatic N) is 2. The molecule has 0 atom stereocenters. The van der Waals surface area contributed by atoms with Gasteiger partial charge in [-0.15, -0.1) is 0 Å². The van der Waals surface area contributed by atoms with Crippen LogP contribution in [0.2, 0.25) is 0 Å². The third-order valence-electron chi connectivity index (χ3n) is 6.01. The normalized spacial score (nSPS) is 13.0. The number of hydrogen-bond donors (Lipinski definition) is 3. The van der Waals surface area contributed by atoms with E-state index in [0.717, 1.165) is 27.8 Å². The van der Waals surface area contributed by atoms with Gasteiger partial charge in [0.15, 0.2) is 0 Å². The van der Waals surface area contributed by atoms with Crippen LogP contribution in [-0.2, 0) is 24.8 Å². The summed E-state index contributed by atoms with van der Waals surface area (Å²) < 4.78 is 1.57. The highest BCUT2D eigenvalue weighted by molar-refractivity contribution is 5.91. The van der Waals surface area contributed by atoms with Crippen LogP contribution in [0.3, 0.4) is 0 Å². The van der Waals surface area contributed by atoms with Crippen molar-refractivity contribution in [2.75, 3.05) is 6.54 Å². The second-order valence-electron chi connectivity index (χ2n) is 9.20. The topological polar surface area (TPSA) is 101 Å². The number of rotatable bonds is 5. The predicted molar refractivity (Wildman–Crippen MR) is 122 cm³/mol. The van der Waals surface area contributed by atoms with E-state index in [2.05, 4.69) is 38.0 Å². The number of benzene rings is 2. The number of aromatic hydroxyl groups is 1. The van der Waals surface area contributed by atoms with Crippen LogP contribution in [0, 0.1) is 0 Å². The SMILES string of the molecule is CC(C)(C)c1ccc(-c2cc3c(cc2O)CCc2c-3nn(CCCN)c2C(=O)O)cc1. The molecular weight excluding hydrogens is 390 g/mol. The van der Waals surface area contributed by atoms with Gasteiger partial charge < -0.3 is 15.9 Å². The number of phenols is 1. The Morgan fingerprint density at radius 2 is 1.84 bits per heavy atom. The van der Waals surface area contributed by atoms with E-state index < -0.39 is 5.97 Å². The summed E-state index contributed by atoms with van der Waals surface area (Å²) in [6.07, 6.45) is 1.92. The molecule has 1 aromatic heterocycles. The molecule has 162 valence electrons. The lowest BCUT2D eigenvalue weighted by atomic mass is 9.84. The molecule has 0 radical (unpaired) electrons. The highest BCUT2D eigenvalue weighted by Gasteiger charge is 2.29. The van der Waals surface area contributed by atoms with Gasteiger partial charge in [0.2, 0.25) is 0 Å². The Kier molecular flexibility index (Phi) is 5.35. The van der Waals surface area contributed by atoms with Gasteiger partial charge in [-0.25, -0.2) is 4.79 Å². The summed E-state index contributed by atoms with van der Waals surface area (Å²) in [4.78, 5) is 12.0. The van der Waals surface area contributed by atoms with Crippen molar-refractivity contribution in [3.63, 3.8) is 0 Å². The molecule has 0 fully saturated rings. The zero-order chi connectivity index (χ0) is 22.3. The van der Waals surface area contributed by atoms with Gasteiger partial charge in [0, 0.05) is 23.2 Å². The third-order valence-corrected chi connectivity index (χ3v) is 6.01. The molecule has 0 amide bonds. The molecule has 6 heteroatoms. The molecule has 31 heavy (non-hydrogen) atoms. The van der Waals surface area contributed by atoms with Gasteiger partial charge in [-0.05, 0) is 60.0 Å². The Morgan fingerprint density at radius 3 is 2.45 bits per heavy atom. The number of carboxylic acid groups (broad SMARTS) is 1. The first kappa shape index (κ1) is 21.1. The number of nitrogens with two attached hydrogens (primary N) is 1. The van der Waals surface area contributed by atoms with Crippen molar-refractivity contribution in [1.29, 1.82) is 0 Å². The Hall–Kier alpha value is -3.12. The highest BCUT2D eigenvalue weighted by atomic mass is 16.4. The summed E-state index contributed by atoms with van der Waals surface area (Å²) in [5, 5.41) is 25.2. The lowest BCUT2D eigenvalue weighted by Gasteiger charge is -2.20. The lowest BCUT2D eigenvalue weighted by molar-refractivity contribution is 0.0681. The first-order chi connectivity index (χ1) is 14.7. The summed E-state index contributed by atoms with van der Waals surface area (Å²) in [6, 6.07) is 12.0. The minimum atomic E-state index is -0.967. The van der Waals surface area contributed by atoms with E-state index >= 15 is 0 Å². The smallest absolute Gasteiger partial charge is 0.354 e. The molecule has 4 rings (SSSR count). The molecule has 4 N–H and O–H groups in total. The van der Waals surface area contributed by atoms with Gasteiger partial charge in [-0.1, -0.05) is 45.0 Å². The van der Waals surface area contributed by atoms with Crippen molar-refractivity contribution < 1.29 is 15.0 Å². The molecule has 0 unspecified atom stereocenters. The zero-order valence-corrected chi connectivity index (χ0v) is 18.3. The average Bonchev–Trinajstić information content (AvgIpc) is 3.10. The van der Waals surface area contributed by atoms with E-state index in [1.165, 1.54) is 5.56 Å². The molecular formula is C25H29N3O3. The van der Waals surface area contributed by atoms with Gasteiger partial charge in [0.05, 0.1) is 5.69 Å². The van der Waals surface area contributed by atoms with Crippen molar-refractivity contribution in [2.24, 2.45) is 5.73 Å². The Morgan fingerprint density at radius 1 is 1.13 bits per heavy atom. The van der Waals surface area contributed by atoms with Crippen LogP contribution in [0.25, 0.3) is 22.4 Å². The van der Waals surface area contributed by atoms with Crippen LogP contribution in [-0.4, -0.2) is 32.5 Å². The number of carbonyl (C=O) groups is 1. The number of fused-ring (bicyclic) bond motifs is 3. The fourth-order valence-electron chi connectivity index (χ4n) is 4.29. The summed E-state index contributed by atoms with van der Waals surface area (Å²) >= 11 is 0. The number of hydrogen-bond acceptors (Lipinski definition) is 4. The maximum absolute atomic E-state index is 12.0. The number of aromatic nitrogens is 2. The van der Waals surface area contributed by atoms with Crippen molar-refractivity contribution in [3.8, 4) is 28.1 Å². The number of aryl methyl sites for hydroxylation is 2. The molecule has 1 heterocycles. The van der Waals surface area contributed by atoms with Crippen molar-refractivity contribution in [2.45, 2.75) is 52.0 Å². The highest BCUT2D eigenvalue weighted by Crippen LogP contribution is 2.41. The minimum Gasteiger partial charge on any atom is -0.507 e. The van der Waals surface area contributed by atoms with Gasteiger partial charge >= 0.3 is 5.97 Å². The summed E-state index contributed by atoms with van der Waals surface area (Å²) in [5.41, 5.74) is 12.1. The van der Waals surface area contributed by atoms with E-state index in [9.17, 15) is 15.0 Å². The molecule has 0 aliphatic heterocycles. The number of carboxylic acids is 1. The van der Waals surface area contributed by atoms with E-state index in [-0.39, 0.29) is 16.9 Å². The fourth-order valence-corrected chi connectivity index (χ4v) is 4.29. The van der Waals surface area contributed by atoms with Crippen LogP contribution < -0.4 is 5.73 Å². The van der Waals surface area contributed by atoms with E-state index in [1.54, 1.807) is 10.7 Å². The van der Waals surface area contributed by atoms with Crippen molar-refractivity contribution in [1.82, 2.24) is 9.78 Å². The maximum atomic E-state index is 12.0. The standard InChI is InChI=1S/C25H29N3O3/c1-25(2,3)17-8-5-15(6-9-17)19-14-20-16(13-21(19)29)7-10-18-22(20)27-28(12-4-11-26)23(18)24(30)31/h5-6,8-9,13-14,29H,4,7,10-12,26H2,1-3H3,(H,30,31). The third kappa shape index (κ3) is 3.83. The van der Waals surface area contributed by atoms with Gasteiger partial charge in [-0.3, -0.25) is 4.68 Å². The van der Waals surface area contributed by atoms with Crippen LogP contribution in [0.4, 0.5) is 0 Å². The molecule has 3 aromatic rings. The molecule has 1 aliphatic rings. The minimum absolute atomic E-state index is 0.0505. The second-order valence-corrected chi connectivity index (χ2v) is 9.20. The summed E-state index contributed by atoms with van der Waals surface area (Å²) in [7, 11) is 0. The van der Waals surface area contributed by atoms with E-state index in [1.807, 2.05) is 18.2 Å². The van der Waals surface area contributed by atoms with E-state index in [0.29, 0.717) is 38.0 Å². The largest absolute Gasteiger partial charge is 0.507 e. The summed E-state index contributed by atoms with van der Waals surface area (Å²) in [5.74, 6) is -0.738. The zero-order valence-electron chi connectivity index (χ0n) is 18.3. The quantitative estimate of drug-likeness (QED) is 0.570. The van der Waals surface area contributed by atoms with Gasteiger partial charge in [-0.2, -0.15) is 5.10 Å². The molecule has 0 saturated carbocycles. The monoisotopic (exact) mass is 419 g/mol. The number of phenolic OH excluding ortho intramolecular Hbond substituents is 1. The Balaban J connectivity index is 1.82. The first-order valence-corrected chi connectivity index (χ1v) is 10.7. The predicted octanol–water partition coefficient (Wildman–Crippen LogP) is 4.37. The summed E-state index contributed by atoms with van der Waals surface area (Å²) in [6.45, 7) is 7.45. The molecule has 0 bridgehead atoms. The Labute approximate surface area is 182 Å². The maximum Gasteiger partial charge on any atom is 0.354 e. The van der Waals surface area contributed by atoms with Crippen molar-refractivity contribution in [3.05, 3.63) is 58.8 Å². The second kappa shape index (κ2) is 7.85. The molecule has 1 aliphatic carbocycles. The first-order valence-electron chi connectivity index (χ1n) is 10.7. The number of aromatic carboxylic acids is 1. The molecule has 6 nitrogen and oxygen atoms in total. The fraction of sp³-hybridized carbons (Fsp3) is 0.360. The van der Waals surface area contributed by atoms with Crippen LogP contribution in [0.1, 0.15) is 54.4 Å². The molecule has 0 spiro atoms. The molecule has 0 saturated heterocycles. The van der Waals surface area contributed by atoms with Crippen LogP contribution in [0.5, 0.6) is 5.75 Å². The molecule has 2 aromatic carbocycles. The van der Waals surface area contributed by atoms with Crippen LogP contribution in [0.15, 0.2) is 36.4 Å². The van der Waals surface area contributed by atoms with Gasteiger partial charge in [0.1, 0.15) is 11.4 Å².